The highest BCUT2D eigenvalue weighted by Gasteiger charge is 2.11. The number of nitrogens with one attached hydrogen (secondary N) is 1. The second-order valence-electron chi connectivity index (χ2n) is 6.39. The van der Waals surface area contributed by atoms with Crippen molar-refractivity contribution in [3.05, 3.63) is 88.5 Å². The average molecular weight is 366 g/mol. The lowest BCUT2D eigenvalue weighted by molar-refractivity contribution is 0.102. The number of carbonyl (C=O) groups is 1. The van der Waals surface area contributed by atoms with Crippen molar-refractivity contribution in [1.29, 1.82) is 0 Å². The lowest BCUT2D eigenvalue weighted by atomic mass is 9.96. The van der Waals surface area contributed by atoms with Crippen molar-refractivity contribution in [3.63, 3.8) is 0 Å². The Labute approximate surface area is 158 Å². The molecule has 2 aromatic carbocycles. The number of amides is 1. The number of aromatic nitrogens is 2. The first-order valence-corrected chi connectivity index (χ1v) is 8.83. The third-order valence-electron chi connectivity index (χ3n) is 4.16. The molecule has 1 atom stereocenters. The molecule has 1 N–H and O–H groups in total. The van der Waals surface area contributed by atoms with Crippen LogP contribution in [0.3, 0.4) is 0 Å². The number of rotatable bonds is 5. The van der Waals surface area contributed by atoms with Gasteiger partial charge in [-0.2, -0.15) is 0 Å². The predicted octanol–water partition coefficient (Wildman–Crippen LogP) is 5.04. The van der Waals surface area contributed by atoms with Crippen LogP contribution in [0.4, 0.5) is 5.69 Å². The first-order chi connectivity index (χ1) is 12.5. The molecule has 0 unspecified atom stereocenters. The maximum Gasteiger partial charge on any atom is 0.255 e. The molecule has 0 spiro atoms. The average Bonchev–Trinajstić information content (AvgIpc) is 2.62. The van der Waals surface area contributed by atoms with E-state index in [2.05, 4.69) is 22.2 Å². The largest absolute Gasteiger partial charge is 0.322 e. The van der Waals surface area contributed by atoms with Gasteiger partial charge in [-0.25, -0.2) is 4.98 Å². The zero-order valence-electron chi connectivity index (χ0n) is 14.7. The molecular formula is C21H20ClN3O. The molecule has 3 aromatic rings. The highest BCUT2D eigenvalue weighted by atomic mass is 35.5. The van der Waals surface area contributed by atoms with Crippen LogP contribution in [0.1, 0.15) is 40.0 Å². The first kappa shape index (κ1) is 18.1. The van der Waals surface area contributed by atoms with Crippen LogP contribution in [0, 0.1) is 6.92 Å². The summed E-state index contributed by atoms with van der Waals surface area (Å²) in [6.07, 6.45) is 3.98. The lowest BCUT2D eigenvalue weighted by Gasteiger charge is -2.13. The van der Waals surface area contributed by atoms with E-state index in [9.17, 15) is 4.79 Å². The molecule has 0 fully saturated rings. The van der Waals surface area contributed by atoms with Crippen molar-refractivity contribution in [3.8, 4) is 0 Å². The van der Waals surface area contributed by atoms with Gasteiger partial charge in [0.15, 0.2) is 0 Å². The van der Waals surface area contributed by atoms with E-state index in [-0.39, 0.29) is 11.8 Å². The van der Waals surface area contributed by atoms with Gasteiger partial charge in [-0.1, -0.05) is 48.4 Å². The normalized spacial score (nSPS) is 11.8. The molecule has 0 saturated carbocycles. The van der Waals surface area contributed by atoms with E-state index in [0.717, 1.165) is 28.9 Å². The van der Waals surface area contributed by atoms with Crippen LogP contribution < -0.4 is 5.32 Å². The quantitative estimate of drug-likeness (QED) is 0.689. The van der Waals surface area contributed by atoms with Gasteiger partial charge in [-0.3, -0.25) is 9.78 Å². The Morgan fingerprint density at radius 1 is 1.15 bits per heavy atom. The number of hydrogen-bond donors (Lipinski definition) is 1. The van der Waals surface area contributed by atoms with Crippen LogP contribution in [-0.4, -0.2) is 15.9 Å². The number of hydrogen-bond acceptors (Lipinski definition) is 3. The summed E-state index contributed by atoms with van der Waals surface area (Å²) in [5, 5.41) is 3.36. The molecule has 26 heavy (non-hydrogen) atoms. The number of aryl methyl sites for hydroxylation is 1. The second kappa shape index (κ2) is 8.11. The molecule has 1 heterocycles. The summed E-state index contributed by atoms with van der Waals surface area (Å²) < 4.78 is 0. The summed E-state index contributed by atoms with van der Waals surface area (Å²) in [6.45, 7) is 4.09. The zero-order valence-corrected chi connectivity index (χ0v) is 15.5. The smallest absolute Gasteiger partial charge is 0.255 e. The number of anilines is 1. The second-order valence-corrected chi connectivity index (χ2v) is 6.77. The van der Waals surface area contributed by atoms with Gasteiger partial charge in [0, 0.05) is 17.4 Å². The van der Waals surface area contributed by atoms with Gasteiger partial charge in [-0.05, 0) is 49.1 Å². The number of carbonyl (C=O) groups excluding carboxylic acids is 1. The Morgan fingerprint density at radius 3 is 2.73 bits per heavy atom. The van der Waals surface area contributed by atoms with Crippen molar-refractivity contribution in [1.82, 2.24) is 9.97 Å². The molecule has 0 aliphatic rings. The van der Waals surface area contributed by atoms with Crippen LogP contribution in [0.25, 0.3) is 0 Å². The fraction of sp³-hybridized carbons (Fsp3) is 0.190. The summed E-state index contributed by atoms with van der Waals surface area (Å²) in [5.41, 5.74) is 4.45. The summed E-state index contributed by atoms with van der Waals surface area (Å²) in [6, 6.07) is 15.4. The molecule has 0 aliphatic heterocycles. The van der Waals surface area contributed by atoms with Crippen LogP contribution in [-0.2, 0) is 6.42 Å². The summed E-state index contributed by atoms with van der Waals surface area (Å²) in [7, 11) is 0. The highest BCUT2D eigenvalue weighted by Crippen LogP contribution is 2.23. The van der Waals surface area contributed by atoms with Gasteiger partial charge >= 0.3 is 0 Å². The van der Waals surface area contributed by atoms with Gasteiger partial charge in [0.05, 0.1) is 11.9 Å². The van der Waals surface area contributed by atoms with Crippen LogP contribution in [0.2, 0.25) is 5.15 Å². The van der Waals surface area contributed by atoms with Gasteiger partial charge in [0.25, 0.3) is 5.91 Å². The predicted molar refractivity (Wildman–Crippen MR) is 105 cm³/mol. The molecule has 0 saturated heterocycles. The molecule has 1 aromatic heterocycles. The minimum atomic E-state index is -0.112. The number of benzene rings is 2. The fourth-order valence-electron chi connectivity index (χ4n) is 2.82. The lowest BCUT2D eigenvalue weighted by Crippen LogP contribution is -2.12. The summed E-state index contributed by atoms with van der Waals surface area (Å²) >= 11 is 5.91. The van der Waals surface area contributed by atoms with E-state index in [1.807, 2.05) is 55.5 Å². The van der Waals surface area contributed by atoms with Crippen molar-refractivity contribution < 1.29 is 4.79 Å². The van der Waals surface area contributed by atoms with Crippen LogP contribution >= 0.6 is 11.6 Å². The van der Waals surface area contributed by atoms with Gasteiger partial charge < -0.3 is 5.32 Å². The van der Waals surface area contributed by atoms with Crippen molar-refractivity contribution in [2.75, 3.05) is 5.32 Å². The Morgan fingerprint density at radius 2 is 1.96 bits per heavy atom. The van der Waals surface area contributed by atoms with Crippen LogP contribution in [0.5, 0.6) is 0 Å². The van der Waals surface area contributed by atoms with E-state index in [1.165, 1.54) is 6.20 Å². The number of nitrogens with zero attached hydrogens (tertiary/aromatic N) is 2. The van der Waals surface area contributed by atoms with Crippen molar-refractivity contribution >= 4 is 23.2 Å². The Bertz CT molecular complexity index is 926. The maximum absolute atomic E-state index is 12.4. The Kier molecular flexibility index (Phi) is 5.64. The molecule has 1 amide bonds. The third-order valence-corrected chi connectivity index (χ3v) is 4.35. The highest BCUT2D eigenvalue weighted by molar-refractivity contribution is 6.29. The maximum atomic E-state index is 12.4. The molecule has 0 aliphatic carbocycles. The topological polar surface area (TPSA) is 54.9 Å². The Hall–Kier alpha value is -2.72. The summed E-state index contributed by atoms with van der Waals surface area (Å²) in [4.78, 5) is 20.8. The van der Waals surface area contributed by atoms with E-state index < -0.39 is 0 Å². The monoisotopic (exact) mass is 365 g/mol. The molecule has 0 bridgehead atoms. The molecule has 3 rings (SSSR count). The minimum absolute atomic E-state index is 0.112. The molecule has 4 nitrogen and oxygen atoms in total. The zero-order chi connectivity index (χ0) is 18.5. The fourth-order valence-corrected chi connectivity index (χ4v) is 2.99. The molecular weight excluding hydrogens is 346 g/mol. The third kappa shape index (κ3) is 4.67. The summed E-state index contributed by atoms with van der Waals surface area (Å²) in [5.74, 6) is 0.109. The molecule has 132 valence electrons. The van der Waals surface area contributed by atoms with Gasteiger partial charge in [-0.15, -0.1) is 0 Å². The van der Waals surface area contributed by atoms with Gasteiger partial charge in [0.1, 0.15) is 5.15 Å². The molecule has 5 heteroatoms. The van der Waals surface area contributed by atoms with E-state index >= 15 is 0 Å². The van der Waals surface area contributed by atoms with E-state index in [1.54, 1.807) is 6.20 Å². The Balaban J connectivity index is 1.72. The van der Waals surface area contributed by atoms with E-state index in [0.29, 0.717) is 10.7 Å². The molecule has 0 radical (unpaired) electrons. The van der Waals surface area contributed by atoms with Gasteiger partial charge in [0.2, 0.25) is 0 Å². The SMILES string of the molecule is Cc1cccc(C(=O)Nc2cccc([C@H](C)Cc3cncc(Cl)n3)c2)c1. The van der Waals surface area contributed by atoms with Crippen molar-refractivity contribution in [2.24, 2.45) is 0 Å². The van der Waals surface area contributed by atoms with Crippen LogP contribution in [0.15, 0.2) is 60.9 Å². The minimum Gasteiger partial charge on any atom is -0.322 e. The van der Waals surface area contributed by atoms with E-state index in [4.69, 9.17) is 11.6 Å². The first-order valence-electron chi connectivity index (χ1n) is 8.45. The number of halogens is 1. The van der Waals surface area contributed by atoms with Crippen molar-refractivity contribution in [2.45, 2.75) is 26.2 Å². The standard InChI is InChI=1S/C21H20ClN3O/c1-14-5-3-7-17(9-14)21(26)25-18-8-4-6-16(11-18)15(2)10-19-12-23-13-20(22)24-19/h3-9,11-13,15H,10H2,1-2H3,(H,25,26)/t15-/m1/s1.